The Balaban J connectivity index is 1.31. The van der Waals surface area contributed by atoms with Crippen molar-refractivity contribution in [2.75, 3.05) is 36.4 Å². The third-order valence-corrected chi connectivity index (χ3v) is 8.13. The maximum atomic E-state index is 12.8. The van der Waals surface area contributed by atoms with Crippen molar-refractivity contribution in [1.29, 1.82) is 0 Å². The maximum absolute atomic E-state index is 12.8. The molecule has 0 bridgehead atoms. The van der Waals surface area contributed by atoms with Crippen molar-refractivity contribution in [3.8, 4) is 0 Å². The van der Waals surface area contributed by atoms with Gasteiger partial charge in [-0.3, -0.25) is 0 Å². The maximum Gasteiger partial charge on any atom is 0.416 e. The van der Waals surface area contributed by atoms with E-state index in [0.29, 0.717) is 37.8 Å². The highest BCUT2D eigenvalue weighted by atomic mass is 32.1. The second kappa shape index (κ2) is 9.88. The van der Waals surface area contributed by atoms with E-state index in [4.69, 9.17) is 9.97 Å². The van der Waals surface area contributed by atoms with E-state index in [1.807, 2.05) is 11.3 Å². The number of aromatic nitrogens is 2. The number of halogens is 3. The lowest BCUT2D eigenvalue weighted by atomic mass is 9.89. The fourth-order valence-electron chi connectivity index (χ4n) is 5.00. The molecule has 3 heterocycles. The number of hydrogen-bond donors (Lipinski definition) is 1. The summed E-state index contributed by atoms with van der Waals surface area (Å²) in [5.74, 6) is 2.54. The molecule has 36 heavy (non-hydrogen) atoms. The summed E-state index contributed by atoms with van der Waals surface area (Å²) in [6.07, 6.45) is 0.726. The van der Waals surface area contributed by atoms with E-state index in [0.717, 1.165) is 54.3 Å². The minimum atomic E-state index is -4.40. The highest BCUT2D eigenvalue weighted by Crippen LogP contribution is 2.41. The second-order valence-corrected chi connectivity index (χ2v) is 10.8. The number of urea groups is 1. The average molecular weight is 518 g/mol. The molecule has 6 nitrogen and oxygen atoms in total. The molecule has 10 heteroatoms. The fraction of sp³-hybridized carbons (Fsp3) is 0.500. The highest BCUT2D eigenvalue weighted by molar-refractivity contribution is 7.19. The molecule has 1 aliphatic heterocycles. The van der Waals surface area contributed by atoms with Gasteiger partial charge in [-0.25, -0.2) is 14.8 Å². The van der Waals surface area contributed by atoms with E-state index in [1.54, 1.807) is 4.90 Å². The second-order valence-electron chi connectivity index (χ2n) is 9.72. The van der Waals surface area contributed by atoms with Gasteiger partial charge in [0.25, 0.3) is 0 Å². The highest BCUT2D eigenvalue weighted by Gasteiger charge is 2.31. The van der Waals surface area contributed by atoms with Crippen LogP contribution in [0, 0.1) is 5.92 Å². The zero-order valence-electron chi connectivity index (χ0n) is 20.5. The van der Waals surface area contributed by atoms with Crippen LogP contribution in [0.5, 0.6) is 0 Å². The number of hydrogen-bond acceptors (Lipinski definition) is 5. The Kier molecular flexibility index (Phi) is 6.80. The van der Waals surface area contributed by atoms with Gasteiger partial charge in [-0.1, -0.05) is 13.8 Å². The molecule has 5 rings (SSSR count). The van der Waals surface area contributed by atoms with Crippen molar-refractivity contribution in [3.63, 3.8) is 0 Å². The Morgan fingerprint density at radius 3 is 2.53 bits per heavy atom. The quantitative estimate of drug-likeness (QED) is 0.452. The largest absolute Gasteiger partial charge is 0.416 e. The lowest BCUT2D eigenvalue weighted by Crippen LogP contribution is -2.50. The van der Waals surface area contributed by atoms with Crippen LogP contribution >= 0.6 is 11.3 Å². The van der Waals surface area contributed by atoms with Crippen LogP contribution in [0.2, 0.25) is 0 Å². The number of piperazine rings is 1. The van der Waals surface area contributed by atoms with Crippen LogP contribution in [0.4, 0.5) is 29.5 Å². The number of carbonyl (C=O) groups is 1. The first-order valence-corrected chi connectivity index (χ1v) is 13.3. The monoisotopic (exact) mass is 517 g/mol. The molecule has 0 saturated carbocycles. The third-order valence-electron chi connectivity index (χ3n) is 6.99. The first-order valence-electron chi connectivity index (χ1n) is 12.5. The third kappa shape index (κ3) is 5.00. The molecule has 192 valence electrons. The number of carbonyl (C=O) groups excluding carboxylic acids is 1. The number of aryl methyl sites for hydroxylation is 2. The van der Waals surface area contributed by atoms with Crippen molar-refractivity contribution >= 4 is 39.1 Å². The summed E-state index contributed by atoms with van der Waals surface area (Å²) in [4.78, 5) is 29.1. The minimum Gasteiger partial charge on any atom is -0.352 e. The molecule has 2 aliphatic rings. The molecule has 3 aromatic rings. The summed E-state index contributed by atoms with van der Waals surface area (Å²) in [5, 5.41) is 3.90. The zero-order chi connectivity index (χ0) is 25.4. The molecule has 1 aromatic carbocycles. The summed E-state index contributed by atoms with van der Waals surface area (Å²) in [5.41, 5.74) is 1.00. The predicted molar refractivity (Wildman–Crippen MR) is 137 cm³/mol. The van der Waals surface area contributed by atoms with Gasteiger partial charge in [0.15, 0.2) is 0 Å². The number of benzene rings is 1. The van der Waals surface area contributed by atoms with Crippen LogP contribution in [-0.4, -0.2) is 47.1 Å². The van der Waals surface area contributed by atoms with E-state index in [2.05, 4.69) is 24.1 Å². The van der Waals surface area contributed by atoms with Gasteiger partial charge in [-0.05, 0) is 61.4 Å². The molecule has 1 N–H and O–H groups in total. The van der Waals surface area contributed by atoms with E-state index in [1.165, 1.54) is 34.4 Å². The Hall–Kier alpha value is -2.88. The molecule has 2 aromatic heterocycles. The number of thiophene rings is 1. The standard InChI is InChI=1S/C26H30F3N5OS/c1-3-4-21-31-23(22-19-10-5-16(2)15-20(19)36-24(22)32-21)33-11-13-34(14-12-33)25(35)30-18-8-6-17(7-9-18)26(27,28)29/h6-9,16H,3-5,10-15H2,1-2H3,(H,30,35)/t16-/m1/s1. The number of nitrogens with zero attached hydrogens (tertiary/aromatic N) is 4. The number of fused-ring (bicyclic) bond motifs is 3. The molecule has 0 radical (unpaired) electrons. The van der Waals surface area contributed by atoms with Crippen LogP contribution < -0.4 is 10.2 Å². The lowest BCUT2D eigenvalue weighted by molar-refractivity contribution is -0.137. The molecule has 1 atom stereocenters. The molecule has 0 spiro atoms. The summed E-state index contributed by atoms with van der Waals surface area (Å²) in [6.45, 7) is 6.72. The van der Waals surface area contributed by atoms with Crippen LogP contribution in [0.15, 0.2) is 24.3 Å². The van der Waals surface area contributed by atoms with Gasteiger partial charge in [0, 0.05) is 43.2 Å². The molecular formula is C26H30F3N5OS. The minimum absolute atomic E-state index is 0.309. The summed E-state index contributed by atoms with van der Waals surface area (Å²) in [7, 11) is 0. The average Bonchev–Trinajstić information content (AvgIpc) is 3.21. The van der Waals surface area contributed by atoms with E-state index >= 15 is 0 Å². The normalized spacial score (nSPS) is 18.4. The molecule has 2 amide bonds. The van der Waals surface area contributed by atoms with Gasteiger partial charge < -0.3 is 15.1 Å². The van der Waals surface area contributed by atoms with Crippen molar-refractivity contribution < 1.29 is 18.0 Å². The number of anilines is 2. The van der Waals surface area contributed by atoms with E-state index < -0.39 is 11.7 Å². The zero-order valence-corrected chi connectivity index (χ0v) is 21.3. The van der Waals surface area contributed by atoms with Gasteiger partial charge in [0.05, 0.1) is 10.9 Å². The Morgan fingerprint density at radius 1 is 1.14 bits per heavy atom. The van der Waals surface area contributed by atoms with E-state index in [9.17, 15) is 18.0 Å². The molecule has 1 fully saturated rings. The van der Waals surface area contributed by atoms with Crippen LogP contribution in [0.3, 0.4) is 0 Å². The first kappa shape index (κ1) is 24.8. The Labute approximate surface area is 212 Å². The first-order chi connectivity index (χ1) is 17.2. The van der Waals surface area contributed by atoms with E-state index in [-0.39, 0.29) is 6.03 Å². The SMILES string of the molecule is CCCc1nc(N2CCN(C(=O)Nc3ccc(C(F)(F)F)cc3)CC2)c2c3c(sc2n1)C[C@H](C)CC3. The topological polar surface area (TPSA) is 61.4 Å². The molecule has 1 aliphatic carbocycles. The van der Waals surface area contributed by atoms with Gasteiger partial charge in [0.1, 0.15) is 16.5 Å². The Bertz CT molecular complexity index is 1250. The van der Waals surface area contributed by atoms with Crippen molar-refractivity contribution in [2.45, 2.75) is 52.1 Å². The van der Waals surface area contributed by atoms with Crippen LogP contribution in [0.25, 0.3) is 10.2 Å². The van der Waals surface area contributed by atoms with Crippen molar-refractivity contribution in [2.24, 2.45) is 5.92 Å². The molecule has 0 unspecified atom stereocenters. The van der Waals surface area contributed by atoms with Gasteiger partial charge in [-0.2, -0.15) is 13.2 Å². The van der Waals surface area contributed by atoms with Crippen molar-refractivity contribution in [1.82, 2.24) is 14.9 Å². The number of nitrogens with one attached hydrogen (secondary N) is 1. The summed E-state index contributed by atoms with van der Waals surface area (Å²) < 4.78 is 38.4. The van der Waals surface area contributed by atoms with Gasteiger partial charge in [0.2, 0.25) is 0 Å². The predicted octanol–water partition coefficient (Wildman–Crippen LogP) is 6.14. The van der Waals surface area contributed by atoms with Crippen LogP contribution in [0.1, 0.15) is 48.5 Å². The lowest BCUT2D eigenvalue weighted by Gasteiger charge is -2.36. The number of amides is 2. The van der Waals surface area contributed by atoms with Crippen LogP contribution in [-0.2, 0) is 25.4 Å². The van der Waals surface area contributed by atoms with Gasteiger partial charge in [-0.15, -0.1) is 11.3 Å². The summed E-state index contributed by atoms with van der Waals surface area (Å²) in [6, 6.07) is 4.21. The molecule has 1 saturated heterocycles. The molecular weight excluding hydrogens is 487 g/mol. The Morgan fingerprint density at radius 2 is 1.86 bits per heavy atom. The smallest absolute Gasteiger partial charge is 0.352 e. The van der Waals surface area contributed by atoms with Crippen molar-refractivity contribution in [3.05, 3.63) is 46.1 Å². The number of rotatable bonds is 4. The fourth-order valence-corrected chi connectivity index (χ4v) is 6.39. The number of alkyl halides is 3. The van der Waals surface area contributed by atoms with Gasteiger partial charge >= 0.3 is 12.2 Å². The summed E-state index contributed by atoms with van der Waals surface area (Å²) >= 11 is 1.81.